The van der Waals surface area contributed by atoms with E-state index in [1.807, 2.05) is 0 Å². The van der Waals surface area contributed by atoms with Crippen LogP contribution in [0.1, 0.15) is 61.5 Å². The summed E-state index contributed by atoms with van der Waals surface area (Å²) in [6.45, 7) is 11.1. The van der Waals surface area contributed by atoms with E-state index in [1.165, 1.54) is 97.4 Å². The lowest BCUT2D eigenvalue weighted by Crippen LogP contribution is -2.56. The molecule has 0 aromatic heterocycles. The van der Waals surface area contributed by atoms with Crippen LogP contribution in [0.2, 0.25) is 0 Å². The highest BCUT2D eigenvalue weighted by molar-refractivity contribution is 5.32. The Kier molecular flexibility index (Phi) is 7.48. The van der Waals surface area contributed by atoms with Crippen molar-refractivity contribution in [3.63, 3.8) is 0 Å². The van der Waals surface area contributed by atoms with Crippen LogP contribution in [0.3, 0.4) is 0 Å². The maximum atomic E-state index is 2.96. The number of piperidine rings is 1. The van der Waals surface area contributed by atoms with Crippen LogP contribution < -0.4 is 0 Å². The van der Waals surface area contributed by atoms with Gasteiger partial charge in [-0.1, -0.05) is 67.1 Å². The first-order chi connectivity index (χ1) is 17.7. The summed E-state index contributed by atoms with van der Waals surface area (Å²) in [5, 5.41) is 0. The third-order valence-corrected chi connectivity index (χ3v) is 10.1. The van der Waals surface area contributed by atoms with Crippen LogP contribution in [0.15, 0.2) is 60.7 Å². The Balaban J connectivity index is 1.36. The van der Waals surface area contributed by atoms with Crippen molar-refractivity contribution in [2.45, 2.75) is 61.9 Å². The maximum absolute atomic E-state index is 2.96. The summed E-state index contributed by atoms with van der Waals surface area (Å²) in [6.07, 6.45) is 8.16. The highest BCUT2D eigenvalue weighted by Crippen LogP contribution is 2.54. The molecule has 5 fully saturated rings. The van der Waals surface area contributed by atoms with E-state index in [2.05, 4.69) is 87.3 Å². The fourth-order valence-electron chi connectivity index (χ4n) is 8.06. The van der Waals surface area contributed by atoms with E-state index in [0.717, 1.165) is 0 Å². The molecule has 2 aromatic carbocycles. The molecule has 4 aliphatic heterocycles. The standard InChI is InChI=1S/C32H46N4/c1-33-19-21-34(22-20-33)23-24-35-18-15-32(36-16-9-4-10-17-36)25-29(27-11-5-2-6-12-27)31(35)30(26-32)28-13-7-3-8-14-28/h2-3,5-8,11-14,29-31H,4,9-10,15-26H2,1H3. The number of hydrogen-bond acceptors (Lipinski definition) is 4. The van der Waals surface area contributed by atoms with Crippen LogP contribution >= 0.6 is 0 Å². The minimum Gasteiger partial charge on any atom is -0.304 e. The van der Waals surface area contributed by atoms with E-state index in [4.69, 9.17) is 0 Å². The van der Waals surface area contributed by atoms with E-state index in [0.29, 0.717) is 23.4 Å². The van der Waals surface area contributed by atoms with E-state index in [1.54, 1.807) is 11.1 Å². The predicted molar refractivity (Wildman–Crippen MR) is 150 cm³/mol. The van der Waals surface area contributed by atoms with Gasteiger partial charge < -0.3 is 4.90 Å². The second-order valence-corrected chi connectivity index (χ2v) is 12.1. The minimum absolute atomic E-state index is 0.334. The van der Waals surface area contributed by atoms with Crippen LogP contribution in [0.25, 0.3) is 0 Å². The molecule has 0 radical (unpaired) electrons. The van der Waals surface area contributed by atoms with Gasteiger partial charge in [0.2, 0.25) is 0 Å². The molecule has 7 rings (SSSR count). The number of nitrogens with zero attached hydrogens (tertiary/aromatic N) is 4. The molecule has 194 valence electrons. The Labute approximate surface area is 219 Å². The van der Waals surface area contributed by atoms with Crippen molar-refractivity contribution in [2.75, 3.05) is 66.0 Å². The molecule has 4 nitrogen and oxygen atoms in total. The molecule has 5 aliphatic rings. The van der Waals surface area contributed by atoms with Gasteiger partial charge in [0.1, 0.15) is 0 Å². The van der Waals surface area contributed by atoms with Crippen molar-refractivity contribution in [3.05, 3.63) is 71.8 Å². The first-order valence-electron chi connectivity index (χ1n) is 14.7. The van der Waals surface area contributed by atoms with E-state index in [-0.39, 0.29) is 0 Å². The van der Waals surface area contributed by atoms with Gasteiger partial charge in [-0.2, -0.15) is 0 Å². The molecule has 2 aromatic rings. The van der Waals surface area contributed by atoms with Gasteiger partial charge in [-0.25, -0.2) is 0 Å². The summed E-state index contributed by atoms with van der Waals surface area (Å²) in [4.78, 5) is 11.1. The third kappa shape index (κ3) is 5.03. The SMILES string of the molecule is CN1CCN(CCN2CCC3(N4CCCCC4)CC(c4ccccc4)C2C(c2ccccc2)C3)CC1. The molecular weight excluding hydrogens is 440 g/mol. The van der Waals surface area contributed by atoms with Crippen molar-refractivity contribution >= 4 is 0 Å². The van der Waals surface area contributed by atoms with Gasteiger partial charge in [0, 0.05) is 69.2 Å². The van der Waals surface area contributed by atoms with Gasteiger partial charge in [-0.15, -0.1) is 0 Å². The lowest BCUT2D eigenvalue weighted by atomic mass is 9.63. The number of hydrogen-bond donors (Lipinski definition) is 0. The Morgan fingerprint density at radius 2 is 1.25 bits per heavy atom. The lowest BCUT2D eigenvalue weighted by molar-refractivity contribution is 0.0155. The number of benzene rings is 2. The first kappa shape index (κ1) is 24.6. The summed E-state index contributed by atoms with van der Waals surface area (Å²) >= 11 is 0. The van der Waals surface area contributed by atoms with Crippen molar-refractivity contribution in [1.29, 1.82) is 0 Å². The average molecular weight is 487 g/mol. The Morgan fingerprint density at radius 1 is 0.667 bits per heavy atom. The monoisotopic (exact) mass is 486 g/mol. The summed E-state index contributed by atoms with van der Waals surface area (Å²) in [6, 6.07) is 23.8. The van der Waals surface area contributed by atoms with E-state index >= 15 is 0 Å². The molecule has 4 saturated heterocycles. The zero-order valence-electron chi connectivity index (χ0n) is 22.4. The van der Waals surface area contributed by atoms with Gasteiger partial charge >= 0.3 is 0 Å². The Bertz CT molecular complexity index is 899. The van der Waals surface area contributed by atoms with Crippen molar-refractivity contribution in [1.82, 2.24) is 19.6 Å². The van der Waals surface area contributed by atoms with Crippen LogP contribution in [-0.2, 0) is 0 Å². The van der Waals surface area contributed by atoms with Gasteiger partial charge in [0.25, 0.3) is 0 Å². The molecule has 1 saturated carbocycles. The lowest BCUT2D eigenvalue weighted by Gasteiger charge is -2.53. The molecule has 0 spiro atoms. The maximum Gasteiger partial charge on any atom is 0.0235 e. The van der Waals surface area contributed by atoms with Crippen LogP contribution in [0.5, 0.6) is 0 Å². The Morgan fingerprint density at radius 3 is 1.83 bits per heavy atom. The molecule has 0 N–H and O–H groups in total. The van der Waals surface area contributed by atoms with Gasteiger partial charge in [-0.05, 0) is 63.4 Å². The largest absolute Gasteiger partial charge is 0.304 e. The van der Waals surface area contributed by atoms with E-state index < -0.39 is 0 Å². The molecule has 2 bridgehead atoms. The quantitative estimate of drug-likeness (QED) is 0.576. The topological polar surface area (TPSA) is 13.0 Å². The molecule has 2 atom stereocenters. The average Bonchev–Trinajstić information content (AvgIpc) is 3.22. The minimum atomic E-state index is 0.334. The molecular formula is C32H46N4. The van der Waals surface area contributed by atoms with Crippen molar-refractivity contribution < 1.29 is 0 Å². The molecule has 4 heterocycles. The number of likely N-dealkylation sites (N-methyl/N-ethyl adjacent to an activating group) is 1. The molecule has 1 aliphatic carbocycles. The van der Waals surface area contributed by atoms with E-state index in [9.17, 15) is 0 Å². The summed E-state index contributed by atoms with van der Waals surface area (Å²) in [5.74, 6) is 1.20. The number of fused-ring (bicyclic) bond motifs is 4. The van der Waals surface area contributed by atoms with Crippen molar-refractivity contribution in [3.8, 4) is 0 Å². The molecule has 2 unspecified atom stereocenters. The van der Waals surface area contributed by atoms with Crippen LogP contribution in [0.4, 0.5) is 0 Å². The second-order valence-electron chi connectivity index (χ2n) is 12.1. The van der Waals surface area contributed by atoms with Crippen LogP contribution in [0, 0.1) is 0 Å². The molecule has 36 heavy (non-hydrogen) atoms. The second kappa shape index (κ2) is 10.9. The fourth-order valence-corrected chi connectivity index (χ4v) is 8.06. The molecule has 0 amide bonds. The zero-order chi connectivity index (χ0) is 24.4. The third-order valence-electron chi connectivity index (χ3n) is 10.1. The van der Waals surface area contributed by atoms with Gasteiger partial charge in [-0.3, -0.25) is 14.7 Å². The van der Waals surface area contributed by atoms with Gasteiger partial charge in [0.15, 0.2) is 0 Å². The smallest absolute Gasteiger partial charge is 0.0235 e. The molecule has 4 heteroatoms. The summed E-state index contributed by atoms with van der Waals surface area (Å²) in [5.41, 5.74) is 3.47. The van der Waals surface area contributed by atoms with Gasteiger partial charge in [0.05, 0.1) is 0 Å². The first-order valence-corrected chi connectivity index (χ1v) is 14.7. The number of likely N-dealkylation sites (tertiary alicyclic amines) is 1. The zero-order valence-corrected chi connectivity index (χ0v) is 22.4. The van der Waals surface area contributed by atoms with Crippen molar-refractivity contribution in [2.24, 2.45) is 0 Å². The normalized spacial score (nSPS) is 33.0. The highest BCUT2D eigenvalue weighted by Gasteiger charge is 2.53. The summed E-state index contributed by atoms with van der Waals surface area (Å²) in [7, 11) is 2.26. The summed E-state index contributed by atoms with van der Waals surface area (Å²) < 4.78 is 0. The number of piperazine rings is 1. The fraction of sp³-hybridized carbons (Fsp3) is 0.625. The van der Waals surface area contributed by atoms with Crippen LogP contribution in [-0.4, -0.2) is 97.1 Å². The predicted octanol–water partition coefficient (Wildman–Crippen LogP) is 4.89. The number of rotatable bonds is 6. The highest BCUT2D eigenvalue weighted by atomic mass is 15.3. The Hall–Kier alpha value is -1.72.